The second-order valence-electron chi connectivity index (χ2n) is 3.31. The molecule has 1 aliphatic carbocycles. The van der Waals surface area contributed by atoms with Crippen molar-refractivity contribution in [3.8, 4) is 0 Å². The molecule has 0 fully saturated rings. The number of carbonyl (C=O) groups is 1. The highest BCUT2D eigenvalue weighted by atomic mass is 16.1. The van der Waals surface area contributed by atoms with Crippen LogP contribution in [0.4, 0.5) is 0 Å². The first-order valence-corrected chi connectivity index (χ1v) is 4.46. The third-order valence-electron chi connectivity index (χ3n) is 2.18. The molecule has 0 aromatic rings. The molecule has 0 saturated heterocycles. The summed E-state index contributed by atoms with van der Waals surface area (Å²) in [5.41, 5.74) is 1.51. The van der Waals surface area contributed by atoms with Crippen LogP contribution in [-0.2, 0) is 4.79 Å². The van der Waals surface area contributed by atoms with Crippen molar-refractivity contribution in [1.82, 2.24) is 0 Å². The van der Waals surface area contributed by atoms with Crippen LogP contribution in [0.15, 0.2) is 11.6 Å². The van der Waals surface area contributed by atoms with E-state index in [9.17, 15) is 4.79 Å². The fourth-order valence-corrected chi connectivity index (χ4v) is 1.47. The summed E-state index contributed by atoms with van der Waals surface area (Å²) in [7, 11) is 0. The Bertz CT molecular complexity index is 168. The molecular formula is C10H16O. The van der Waals surface area contributed by atoms with Gasteiger partial charge in [-0.05, 0) is 39.0 Å². The fraction of sp³-hybridized carbons (Fsp3) is 0.700. The topological polar surface area (TPSA) is 17.1 Å². The summed E-state index contributed by atoms with van der Waals surface area (Å²) in [6.45, 7) is 1.67. The van der Waals surface area contributed by atoms with E-state index < -0.39 is 0 Å². The van der Waals surface area contributed by atoms with Crippen molar-refractivity contribution in [2.24, 2.45) is 0 Å². The standard InChI is InChI=1S/C10H16O/c1-9(11)7-8-10-5-3-2-4-6-10/h5H,2-4,6-8H2,1H3. The predicted molar refractivity (Wildman–Crippen MR) is 46.5 cm³/mol. The molecule has 62 valence electrons. The summed E-state index contributed by atoms with van der Waals surface area (Å²) in [6, 6.07) is 0. The molecule has 0 radical (unpaired) electrons. The van der Waals surface area contributed by atoms with E-state index in [1.54, 1.807) is 6.92 Å². The summed E-state index contributed by atoms with van der Waals surface area (Å²) in [5, 5.41) is 0. The maximum atomic E-state index is 10.7. The summed E-state index contributed by atoms with van der Waals surface area (Å²) >= 11 is 0. The predicted octanol–water partition coefficient (Wildman–Crippen LogP) is 2.86. The molecule has 0 spiro atoms. The number of hydrogen-bond donors (Lipinski definition) is 0. The van der Waals surface area contributed by atoms with E-state index in [1.165, 1.54) is 31.3 Å². The molecule has 0 atom stereocenters. The molecule has 1 heteroatoms. The Kier molecular flexibility index (Phi) is 3.34. The number of Topliss-reactive ketones (excluding diaryl/α,β-unsaturated/α-hetero) is 1. The first-order chi connectivity index (χ1) is 5.29. The Labute approximate surface area is 68.5 Å². The van der Waals surface area contributed by atoms with Gasteiger partial charge in [0.05, 0.1) is 0 Å². The monoisotopic (exact) mass is 152 g/mol. The van der Waals surface area contributed by atoms with E-state index in [-0.39, 0.29) is 0 Å². The molecule has 0 N–H and O–H groups in total. The zero-order valence-corrected chi connectivity index (χ0v) is 7.23. The van der Waals surface area contributed by atoms with Gasteiger partial charge in [-0.3, -0.25) is 0 Å². The lowest BCUT2D eigenvalue weighted by atomic mass is 9.95. The highest BCUT2D eigenvalue weighted by molar-refractivity contribution is 5.75. The molecule has 0 aromatic carbocycles. The molecule has 1 aliphatic rings. The van der Waals surface area contributed by atoms with Crippen LogP contribution in [0, 0.1) is 0 Å². The minimum absolute atomic E-state index is 0.316. The van der Waals surface area contributed by atoms with Gasteiger partial charge >= 0.3 is 0 Å². The molecule has 0 amide bonds. The Morgan fingerprint density at radius 2 is 2.36 bits per heavy atom. The average Bonchev–Trinajstić information content (AvgIpc) is 2.03. The molecule has 0 unspecified atom stereocenters. The van der Waals surface area contributed by atoms with Gasteiger partial charge in [0.25, 0.3) is 0 Å². The summed E-state index contributed by atoms with van der Waals surface area (Å²) in [5.74, 6) is 0.316. The van der Waals surface area contributed by atoms with Gasteiger partial charge in [-0.1, -0.05) is 11.6 Å². The number of allylic oxidation sites excluding steroid dienone is 2. The Morgan fingerprint density at radius 3 is 2.91 bits per heavy atom. The zero-order valence-electron chi connectivity index (χ0n) is 7.23. The van der Waals surface area contributed by atoms with Crippen LogP contribution in [0.5, 0.6) is 0 Å². The number of hydrogen-bond acceptors (Lipinski definition) is 1. The maximum Gasteiger partial charge on any atom is 0.130 e. The molecule has 0 bridgehead atoms. The van der Waals surface area contributed by atoms with Crippen LogP contribution < -0.4 is 0 Å². The van der Waals surface area contributed by atoms with Crippen molar-refractivity contribution in [2.45, 2.75) is 45.4 Å². The molecule has 0 aliphatic heterocycles. The lowest BCUT2D eigenvalue weighted by Crippen LogP contribution is -1.95. The molecule has 1 nitrogen and oxygen atoms in total. The van der Waals surface area contributed by atoms with Crippen LogP contribution >= 0.6 is 0 Å². The van der Waals surface area contributed by atoms with E-state index in [1.807, 2.05) is 0 Å². The maximum absolute atomic E-state index is 10.7. The summed E-state index contributed by atoms with van der Waals surface area (Å²) in [4.78, 5) is 10.7. The van der Waals surface area contributed by atoms with Crippen molar-refractivity contribution in [2.75, 3.05) is 0 Å². The highest BCUT2D eigenvalue weighted by Crippen LogP contribution is 2.20. The molecule has 0 aromatic heterocycles. The van der Waals surface area contributed by atoms with Crippen molar-refractivity contribution >= 4 is 5.78 Å². The number of carbonyl (C=O) groups excluding carboxylic acids is 1. The lowest BCUT2D eigenvalue weighted by molar-refractivity contribution is -0.116. The van der Waals surface area contributed by atoms with Gasteiger partial charge in [-0.15, -0.1) is 0 Å². The largest absolute Gasteiger partial charge is 0.300 e. The van der Waals surface area contributed by atoms with Crippen LogP contribution in [-0.4, -0.2) is 5.78 Å². The van der Waals surface area contributed by atoms with Crippen molar-refractivity contribution in [1.29, 1.82) is 0 Å². The zero-order chi connectivity index (χ0) is 8.10. The quantitative estimate of drug-likeness (QED) is 0.568. The lowest BCUT2D eigenvalue weighted by Gasteiger charge is -2.10. The number of ketones is 1. The fourth-order valence-electron chi connectivity index (χ4n) is 1.47. The van der Waals surface area contributed by atoms with Gasteiger partial charge < -0.3 is 4.79 Å². The Morgan fingerprint density at radius 1 is 1.55 bits per heavy atom. The second-order valence-corrected chi connectivity index (χ2v) is 3.31. The third kappa shape index (κ3) is 3.35. The summed E-state index contributed by atoms with van der Waals surface area (Å²) in [6.07, 6.45) is 9.18. The van der Waals surface area contributed by atoms with Crippen molar-refractivity contribution in [3.05, 3.63) is 11.6 Å². The number of rotatable bonds is 3. The summed E-state index contributed by atoms with van der Waals surface area (Å²) < 4.78 is 0. The van der Waals surface area contributed by atoms with Gasteiger partial charge in [0, 0.05) is 6.42 Å². The second kappa shape index (κ2) is 4.32. The van der Waals surface area contributed by atoms with E-state index in [4.69, 9.17) is 0 Å². The van der Waals surface area contributed by atoms with Crippen LogP contribution in [0.3, 0.4) is 0 Å². The van der Waals surface area contributed by atoms with E-state index >= 15 is 0 Å². The molecule has 11 heavy (non-hydrogen) atoms. The van der Waals surface area contributed by atoms with Crippen molar-refractivity contribution < 1.29 is 4.79 Å². The van der Waals surface area contributed by atoms with Gasteiger partial charge in [-0.25, -0.2) is 0 Å². The minimum atomic E-state index is 0.316. The van der Waals surface area contributed by atoms with Gasteiger partial charge in [0.15, 0.2) is 0 Å². The molecule has 1 rings (SSSR count). The SMILES string of the molecule is CC(=O)CCC1=CCCCC1. The van der Waals surface area contributed by atoms with E-state index in [2.05, 4.69) is 6.08 Å². The third-order valence-corrected chi connectivity index (χ3v) is 2.18. The van der Waals surface area contributed by atoms with E-state index in [0.29, 0.717) is 5.78 Å². The van der Waals surface area contributed by atoms with Crippen LogP contribution in [0.25, 0.3) is 0 Å². The first kappa shape index (κ1) is 8.51. The van der Waals surface area contributed by atoms with Gasteiger partial charge in [0.2, 0.25) is 0 Å². The first-order valence-electron chi connectivity index (χ1n) is 4.46. The van der Waals surface area contributed by atoms with Gasteiger partial charge in [-0.2, -0.15) is 0 Å². The van der Waals surface area contributed by atoms with Gasteiger partial charge in [0.1, 0.15) is 5.78 Å². The highest BCUT2D eigenvalue weighted by Gasteiger charge is 2.03. The van der Waals surface area contributed by atoms with Crippen LogP contribution in [0.2, 0.25) is 0 Å². The smallest absolute Gasteiger partial charge is 0.130 e. The normalized spacial score (nSPS) is 17.7. The van der Waals surface area contributed by atoms with Crippen LogP contribution in [0.1, 0.15) is 45.4 Å². The minimum Gasteiger partial charge on any atom is -0.300 e. The molecule has 0 heterocycles. The van der Waals surface area contributed by atoms with Crippen molar-refractivity contribution in [3.63, 3.8) is 0 Å². The molecular weight excluding hydrogens is 136 g/mol. The van der Waals surface area contributed by atoms with E-state index in [0.717, 1.165) is 12.8 Å². The average molecular weight is 152 g/mol. The Hall–Kier alpha value is -0.590. The molecule has 0 saturated carbocycles. The Balaban J connectivity index is 2.24.